The van der Waals surface area contributed by atoms with Gasteiger partial charge in [0.2, 0.25) is 5.95 Å². The molecule has 0 aliphatic carbocycles. The summed E-state index contributed by atoms with van der Waals surface area (Å²) in [4.78, 5) is 31.7. The van der Waals surface area contributed by atoms with Crippen LogP contribution in [0.15, 0.2) is 48.5 Å². The molecule has 0 saturated heterocycles. The van der Waals surface area contributed by atoms with Gasteiger partial charge in [0.15, 0.2) is 0 Å². The van der Waals surface area contributed by atoms with Crippen molar-refractivity contribution < 1.29 is 9.72 Å². The highest BCUT2D eigenvalue weighted by molar-refractivity contribution is 6.31. The van der Waals surface area contributed by atoms with Crippen molar-refractivity contribution in [2.75, 3.05) is 10.7 Å². The van der Waals surface area contributed by atoms with Gasteiger partial charge < -0.3 is 5.32 Å². The number of rotatable bonds is 7. The van der Waals surface area contributed by atoms with Crippen LogP contribution in [-0.4, -0.2) is 20.8 Å². The summed E-state index contributed by atoms with van der Waals surface area (Å²) in [6.07, 6.45) is 0. The summed E-state index contributed by atoms with van der Waals surface area (Å²) < 4.78 is 0. The minimum absolute atomic E-state index is 0.113. The molecule has 1 aromatic heterocycles. The Hall–Kier alpha value is -3.72. The number of nitro groups is 1. The number of anilines is 2. The van der Waals surface area contributed by atoms with E-state index in [1.54, 1.807) is 32.0 Å². The van der Waals surface area contributed by atoms with Gasteiger partial charge in [0, 0.05) is 34.6 Å². The van der Waals surface area contributed by atoms with Crippen LogP contribution in [0.4, 0.5) is 17.3 Å². The summed E-state index contributed by atoms with van der Waals surface area (Å²) in [6.45, 7) is 3.91. The summed E-state index contributed by atoms with van der Waals surface area (Å²) in [6, 6.07) is 13.2. The largest absolute Gasteiger partial charge is 0.375 e. The third-order valence-electron chi connectivity index (χ3n) is 4.15. The Morgan fingerprint density at radius 3 is 2.47 bits per heavy atom. The van der Waals surface area contributed by atoms with E-state index >= 15 is 0 Å². The number of benzene rings is 2. The lowest BCUT2D eigenvalue weighted by molar-refractivity contribution is -0.384. The van der Waals surface area contributed by atoms with E-state index in [-0.39, 0.29) is 22.9 Å². The fraction of sp³-hybridized carbons (Fsp3) is 0.150. The number of carbonyl (C=O) groups is 1. The van der Waals surface area contributed by atoms with Crippen molar-refractivity contribution in [2.45, 2.75) is 20.4 Å². The molecule has 1 heterocycles. The Labute approximate surface area is 177 Å². The quantitative estimate of drug-likeness (QED) is 0.385. The zero-order chi connectivity index (χ0) is 21.7. The molecule has 0 unspecified atom stereocenters. The minimum atomic E-state index is -0.557. The molecular formula is C20H19ClN6O3. The molecule has 0 fully saturated rings. The van der Waals surface area contributed by atoms with Crippen molar-refractivity contribution >= 4 is 34.8 Å². The fourth-order valence-corrected chi connectivity index (χ4v) is 2.97. The van der Waals surface area contributed by atoms with Crippen LogP contribution in [0, 0.1) is 24.0 Å². The topological polar surface area (TPSA) is 122 Å². The van der Waals surface area contributed by atoms with E-state index < -0.39 is 10.8 Å². The first-order chi connectivity index (χ1) is 14.3. The second-order valence-electron chi connectivity index (χ2n) is 6.49. The Bertz CT molecular complexity index is 1090. The number of aryl methyl sites for hydroxylation is 2. The van der Waals surface area contributed by atoms with Crippen LogP contribution in [-0.2, 0) is 6.54 Å². The van der Waals surface area contributed by atoms with Crippen LogP contribution < -0.4 is 16.2 Å². The number of hydrogen-bond donors (Lipinski definition) is 3. The molecule has 0 bridgehead atoms. The predicted molar refractivity (Wildman–Crippen MR) is 114 cm³/mol. The molecule has 3 rings (SSSR count). The lowest BCUT2D eigenvalue weighted by atomic mass is 10.1. The number of hydrogen-bond acceptors (Lipinski definition) is 7. The molecule has 0 aliphatic heterocycles. The summed E-state index contributed by atoms with van der Waals surface area (Å²) >= 11 is 6.12. The second kappa shape index (κ2) is 9.19. The van der Waals surface area contributed by atoms with E-state index in [0.29, 0.717) is 11.6 Å². The molecular weight excluding hydrogens is 408 g/mol. The molecule has 0 aliphatic rings. The normalized spacial score (nSPS) is 10.4. The SMILES string of the molecule is Cc1cc(C)nc(NNC(=O)c2ccc(NCc3ccccc3Cl)c([N+](=O)[O-])c2)n1. The number of aromatic nitrogens is 2. The summed E-state index contributed by atoms with van der Waals surface area (Å²) in [7, 11) is 0. The van der Waals surface area contributed by atoms with E-state index in [0.717, 1.165) is 17.0 Å². The summed E-state index contributed by atoms with van der Waals surface area (Å²) in [5, 5.41) is 15.1. The zero-order valence-corrected chi connectivity index (χ0v) is 17.0. The van der Waals surface area contributed by atoms with Crippen LogP contribution in [0.1, 0.15) is 27.3 Å². The maximum absolute atomic E-state index is 12.4. The molecule has 9 nitrogen and oxygen atoms in total. The lowest BCUT2D eigenvalue weighted by Crippen LogP contribution is -2.30. The molecule has 0 spiro atoms. The van der Waals surface area contributed by atoms with Gasteiger partial charge in [-0.05, 0) is 43.7 Å². The molecule has 10 heteroatoms. The van der Waals surface area contributed by atoms with Gasteiger partial charge in [0.05, 0.1) is 4.92 Å². The van der Waals surface area contributed by atoms with Crippen LogP contribution in [0.3, 0.4) is 0 Å². The number of carbonyl (C=O) groups excluding carboxylic acids is 1. The Morgan fingerprint density at radius 2 is 1.80 bits per heavy atom. The highest BCUT2D eigenvalue weighted by Gasteiger charge is 2.18. The Balaban J connectivity index is 1.72. The third-order valence-corrected chi connectivity index (χ3v) is 4.52. The van der Waals surface area contributed by atoms with Crippen molar-refractivity contribution in [1.29, 1.82) is 0 Å². The van der Waals surface area contributed by atoms with Crippen molar-refractivity contribution in [1.82, 2.24) is 15.4 Å². The standard InChI is InChI=1S/C20H19ClN6O3/c1-12-9-13(2)24-20(23-12)26-25-19(28)14-7-8-17(18(10-14)27(29)30)22-11-15-5-3-4-6-16(15)21/h3-10,22H,11H2,1-2H3,(H,25,28)(H,23,24,26). The lowest BCUT2D eigenvalue weighted by Gasteiger charge is -2.11. The first-order valence-electron chi connectivity index (χ1n) is 8.98. The van der Waals surface area contributed by atoms with Gasteiger partial charge in [-0.25, -0.2) is 9.97 Å². The molecule has 0 saturated carbocycles. The van der Waals surface area contributed by atoms with Gasteiger partial charge in [-0.15, -0.1) is 0 Å². The maximum Gasteiger partial charge on any atom is 0.293 e. The van der Waals surface area contributed by atoms with Crippen LogP contribution in [0.25, 0.3) is 0 Å². The van der Waals surface area contributed by atoms with Crippen LogP contribution in [0.5, 0.6) is 0 Å². The van der Waals surface area contributed by atoms with E-state index in [9.17, 15) is 14.9 Å². The summed E-state index contributed by atoms with van der Waals surface area (Å²) in [5.74, 6) is -0.327. The molecule has 2 aromatic carbocycles. The molecule has 30 heavy (non-hydrogen) atoms. The highest BCUT2D eigenvalue weighted by atomic mass is 35.5. The van der Waals surface area contributed by atoms with E-state index in [2.05, 4.69) is 26.1 Å². The molecule has 3 aromatic rings. The van der Waals surface area contributed by atoms with Gasteiger partial charge >= 0.3 is 0 Å². The Kier molecular flexibility index (Phi) is 6.43. The average molecular weight is 427 g/mol. The van der Waals surface area contributed by atoms with E-state index in [1.807, 2.05) is 12.1 Å². The van der Waals surface area contributed by atoms with Crippen molar-refractivity contribution in [3.63, 3.8) is 0 Å². The first kappa shape index (κ1) is 21.0. The molecule has 154 valence electrons. The van der Waals surface area contributed by atoms with Gasteiger partial charge in [-0.2, -0.15) is 0 Å². The van der Waals surface area contributed by atoms with Gasteiger partial charge in [-0.1, -0.05) is 29.8 Å². The average Bonchev–Trinajstić information content (AvgIpc) is 2.70. The van der Waals surface area contributed by atoms with Crippen LogP contribution >= 0.6 is 11.6 Å². The van der Waals surface area contributed by atoms with Crippen LogP contribution in [0.2, 0.25) is 5.02 Å². The highest BCUT2D eigenvalue weighted by Crippen LogP contribution is 2.27. The minimum Gasteiger partial charge on any atom is -0.375 e. The van der Waals surface area contributed by atoms with E-state index in [1.165, 1.54) is 18.2 Å². The summed E-state index contributed by atoms with van der Waals surface area (Å²) in [5.41, 5.74) is 7.51. The van der Waals surface area contributed by atoms with Gasteiger partial charge in [0.1, 0.15) is 5.69 Å². The second-order valence-corrected chi connectivity index (χ2v) is 6.89. The predicted octanol–water partition coefficient (Wildman–Crippen LogP) is 4.02. The number of nitrogens with zero attached hydrogens (tertiary/aromatic N) is 3. The molecule has 1 amide bonds. The molecule has 0 radical (unpaired) electrons. The number of hydrazine groups is 1. The monoisotopic (exact) mass is 426 g/mol. The first-order valence-corrected chi connectivity index (χ1v) is 9.35. The zero-order valence-electron chi connectivity index (χ0n) is 16.3. The fourth-order valence-electron chi connectivity index (χ4n) is 2.77. The Morgan fingerprint density at radius 1 is 1.10 bits per heavy atom. The maximum atomic E-state index is 12.4. The third kappa shape index (κ3) is 5.21. The van der Waals surface area contributed by atoms with Crippen molar-refractivity contribution in [3.05, 3.63) is 86.2 Å². The van der Waals surface area contributed by atoms with Gasteiger partial charge in [0.25, 0.3) is 11.6 Å². The van der Waals surface area contributed by atoms with Crippen molar-refractivity contribution in [2.24, 2.45) is 0 Å². The van der Waals surface area contributed by atoms with Crippen molar-refractivity contribution in [3.8, 4) is 0 Å². The van der Waals surface area contributed by atoms with Gasteiger partial charge in [-0.3, -0.25) is 25.8 Å². The smallest absolute Gasteiger partial charge is 0.293 e. The number of nitro benzene ring substituents is 1. The number of nitrogens with one attached hydrogen (secondary N) is 3. The molecule has 3 N–H and O–H groups in total. The molecule has 0 atom stereocenters. The number of amides is 1. The van der Waals surface area contributed by atoms with E-state index in [4.69, 9.17) is 11.6 Å². The number of halogens is 1.